The van der Waals surface area contributed by atoms with E-state index in [0.29, 0.717) is 22.7 Å². The summed E-state index contributed by atoms with van der Waals surface area (Å²) in [6, 6.07) is 11.7. The fraction of sp³-hybridized carbons (Fsp3) is 0.250. The van der Waals surface area contributed by atoms with E-state index in [1.54, 1.807) is 36.5 Å². The number of rotatable bonds is 5. The van der Waals surface area contributed by atoms with Crippen LogP contribution in [0.4, 0.5) is 0 Å². The molecule has 6 heteroatoms. The molecule has 0 bridgehead atoms. The summed E-state index contributed by atoms with van der Waals surface area (Å²) in [5, 5.41) is 0. The molecule has 0 N–H and O–H groups in total. The number of pyridine rings is 1. The van der Waals surface area contributed by atoms with Crippen molar-refractivity contribution >= 4 is 11.6 Å². The summed E-state index contributed by atoms with van der Waals surface area (Å²) in [5.74, 6) is 0.211. The molecule has 0 amide bonds. The lowest BCUT2D eigenvalue weighted by molar-refractivity contribution is 0.0467. The van der Waals surface area contributed by atoms with Crippen molar-refractivity contribution in [1.82, 2.24) is 9.38 Å². The van der Waals surface area contributed by atoms with E-state index < -0.39 is 5.97 Å². The molecule has 0 saturated carbocycles. The highest BCUT2D eigenvalue weighted by atomic mass is 16.5. The fourth-order valence-electron chi connectivity index (χ4n) is 2.50. The third-order valence-corrected chi connectivity index (χ3v) is 3.67. The minimum Gasteiger partial charge on any atom is -0.491 e. The first kappa shape index (κ1) is 17.7. The quantitative estimate of drug-likeness (QED) is 0.660. The molecular weight excluding hydrogens is 332 g/mol. The molecule has 0 saturated heterocycles. The van der Waals surface area contributed by atoms with Gasteiger partial charge in [0, 0.05) is 12.3 Å². The van der Waals surface area contributed by atoms with Crippen LogP contribution in [0.5, 0.6) is 5.75 Å². The molecule has 0 unspecified atom stereocenters. The molecule has 2 heterocycles. The van der Waals surface area contributed by atoms with E-state index in [1.807, 2.05) is 26.8 Å². The third-order valence-electron chi connectivity index (χ3n) is 3.67. The Morgan fingerprint density at radius 3 is 2.58 bits per heavy atom. The van der Waals surface area contributed by atoms with Crippen molar-refractivity contribution in [2.75, 3.05) is 0 Å². The van der Waals surface area contributed by atoms with Gasteiger partial charge in [0.2, 0.25) is 0 Å². The van der Waals surface area contributed by atoms with E-state index in [0.717, 1.165) is 5.56 Å². The second kappa shape index (κ2) is 7.39. The smallest absolute Gasteiger partial charge is 0.338 e. The second-order valence-corrected chi connectivity index (χ2v) is 6.29. The van der Waals surface area contributed by atoms with Crippen molar-refractivity contribution in [1.29, 1.82) is 0 Å². The van der Waals surface area contributed by atoms with Crippen LogP contribution in [-0.4, -0.2) is 21.5 Å². The summed E-state index contributed by atoms with van der Waals surface area (Å²) in [4.78, 5) is 28.7. The molecule has 0 spiro atoms. The minimum absolute atomic E-state index is 0.0646. The number of esters is 1. The molecule has 0 aliphatic heterocycles. The van der Waals surface area contributed by atoms with Crippen molar-refractivity contribution in [3.8, 4) is 5.75 Å². The molecule has 0 aliphatic carbocycles. The van der Waals surface area contributed by atoms with Crippen LogP contribution in [0.1, 0.15) is 35.5 Å². The largest absolute Gasteiger partial charge is 0.491 e. The maximum atomic E-state index is 12.2. The number of hydrogen-bond acceptors (Lipinski definition) is 5. The van der Waals surface area contributed by atoms with Gasteiger partial charge in [0.15, 0.2) is 0 Å². The maximum Gasteiger partial charge on any atom is 0.338 e. The van der Waals surface area contributed by atoms with Crippen LogP contribution >= 0.6 is 0 Å². The Bertz CT molecular complexity index is 991. The van der Waals surface area contributed by atoms with E-state index in [4.69, 9.17) is 9.47 Å². The van der Waals surface area contributed by atoms with Crippen molar-refractivity contribution in [3.63, 3.8) is 0 Å². The fourth-order valence-corrected chi connectivity index (χ4v) is 2.50. The Morgan fingerprint density at radius 2 is 1.88 bits per heavy atom. The van der Waals surface area contributed by atoms with Gasteiger partial charge in [0.1, 0.15) is 18.0 Å². The van der Waals surface area contributed by atoms with E-state index in [1.165, 1.54) is 10.5 Å². The van der Waals surface area contributed by atoms with Gasteiger partial charge >= 0.3 is 5.97 Å². The third kappa shape index (κ3) is 4.08. The molecule has 1 aromatic carbocycles. The van der Waals surface area contributed by atoms with Gasteiger partial charge < -0.3 is 9.47 Å². The zero-order chi connectivity index (χ0) is 18.7. The highest BCUT2D eigenvalue weighted by Gasteiger charge is 2.10. The van der Waals surface area contributed by atoms with Gasteiger partial charge in [0.25, 0.3) is 5.56 Å². The normalized spacial score (nSPS) is 10.9. The molecule has 3 aromatic rings. The van der Waals surface area contributed by atoms with Gasteiger partial charge in [0.05, 0.1) is 17.4 Å². The number of benzene rings is 1. The average molecular weight is 352 g/mol. The summed E-state index contributed by atoms with van der Waals surface area (Å²) < 4.78 is 12.3. The summed E-state index contributed by atoms with van der Waals surface area (Å²) in [6.45, 7) is 5.70. The number of ether oxygens (including phenoxy) is 2. The summed E-state index contributed by atoms with van der Waals surface area (Å²) in [6.07, 6.45) is 1.79. The molecule has 134 valence electrons. The Hall–Kier alpha value is -3.15. The molecule has 26 heavy (non-hydrogen) atoms. The highest BCUT2D eigenvalue weighted by Crippen LogP contribution is 2.15. The van der Waals surface area contributed by atoms with E-state index in [2.05, 4.69) is 4.98 Å². The molecule has 6 nitrogen and oxygen atoms in total. The lowest BCUT2D eigenvalue weighted by Crippen LogP contribution is -2.17. The van der Waals surface area contributed by atoms with Gasteiger partial charge in [-0.3, -0.25) is 9.20 Å². The Kier molecular flexibility index (Phi) is 5.02. The van der Waals surface area contributed by atoms with Crippen LogP contribution in [0.2, 0.25) is 0 Å². The lowest BCUT2D eigenvalue weighted by Gasteiger charge is -2.10. The van der Waals surface area contributed by atoms with Crippen molar-refractivity contribution < 1.29 is 14.3 Å². The first-order valence-electron chi connectivity index (χ1n) is 8.35. The number of fused-ring (bicyclic) bond motifs is 1. The molecule has 0 atom stereocenters. The lowest BCUT2D eigenvalue weighted by atomic mass is 10.2. The highest BCUT2D eigenvalue weighted by molar-refractivity contribution is 5.89. The SMILES string of the molecule is Cc1ccc2nc(COC(=O)c3ccc(OC(C)C)cc3)cc(=O)n2c1. The zero-order valence-electron chi connectivity index (χ0n) is 14.9. The van der Waals surface area contributed by atoms with Gasteiger partial charge in [-0.2, -0.15) is 0 Å². The van der Waals surface area contributed by atoms with Crippen LogP contribution < -0.4 is 10.3 Å². The predicted octanol–water partition coefficient (Wildman–Crippen LogP) is 3.15. The molecule has 0 fully saturated rings. The van der Waals surface area contributed by atoms with Crippen LogP contribution in [0, 0.1) is 6.92 Å². The molecule has 3 rings (SSSR count). The predicted molar refractivity (Wildman–Crippen MR) is 97.5 cm³/mol. The number of aryl methyl sites for hydroxylation is 1. The van der Waals surface area contributed by atoms with Gasteiger partial charge in [-0.05, 0) is 56.7 Å². The number of carbonyl (C=O) groups excluding carboxylic acids is 1. The molecule has 0 radical (unpaired) electrons. The van der Waals surface area contributed by atoms with Crippen molar-refractivity contribution in [2.45, 2.75) is 33.5 Å². The van der Waals surface area contributed by atoms with Crippen LogP contribution in [0.3, 0.4) is 0 Å². The number of aromatic nitrogens is 2. The van der Waals surface area contributed by atoms with E-state index in [9.17, 15) is 9.59 Å². The topological polar surface area (TPSA) is 69.9 Å². The van der Waals surface area contributed by atoms with Crippen molar-refractivity contribution in [2.24, 2.45) is 0 Å². The number of nitrogens with zero attached hydrogens (tertiary/aromatic N) is 2. The zero-order valence-corrected chi connectivity index (χ0v) is 14.9. The van der Waals surface area contributed by atoms with Crippen molar-refractivity contribution in [3.05, 3.63) is 75.8 Å². The number of hydrogen-bond donors (Lipinski definition) is 0. The Balaban J connectivity index is 1.70. The summed E-state index contributed by atoms with van der Waals surface area (Å²) in [5.41, 5.74) is 2.09. The van der Waals surface area contributed by atoms with Crippen LogP contribution in [0.25, 0.3) is 5.65 Å². The molecular formula is C20H20N2O4. The van der Waals surface area contributed by atoms with Crippen LogP contribution in [-0.2, 0) is 11.3 Å². The first-order valence-corrected chi connectivity index (χ1v) is 8.35. The summed E-state index contributed by atoms with van der Waals surface area (Å²) >= 11 is 0. The van der Waals surface area contributed by atoms with Gasteiger partial charge in [-0.1, -0.05) is 6.07 Å². The van der Waals surface area contributed by atoms with E-state index >= 15 is 0 Å². The van der Waals surface area contributed by atoms with E-state index in [-0.39, 0.29) is 18.3 Å². The average Bonchev–Trinajstić information content (AvgIpc) is 2.60. The standard InChI is InChI=1S/C20H20N2O4/c1-13(2)26-17-7-5-15(6-8-17)20(24)25-12-16-10-19(23)22-11-14(3)4-9-18(22)21-16/h4-11,13H,12H2,1-3H3. The molecule has 2 aromatic heterocycles. The second-order valence-electron chi connectivity index (χ2n) is 6.29. The monoisotopic (exact) mass is 352 g/mol. The van der Waals surface area contributed by atoms with Gasteiger partial charge in [-0.25, -0.2) is 9.78 Å². The van der Waals surface area contributed by atoms with Gasteiger partial charge in [-0.15, -0.1) is 0 Å². The Labute approximate surface area is 151 Å². The maximum absolute atomic E-state index is 12.2. The number of carbonyl (C=O) groups is 1. The minimum atomic E-state index is -0.480. The van der Waals surface area contributed by atoms with Crippen LogP contribution in [0.15, 0.2) is 53.5 Å². The molecule has 0 aliphatic rings. The first-order chi connectivity index (χ1) is 12.4. The summed E-state index contributed by atoms with van der Waals surface area (Å²) in [7, 11) is 0. The Morgan fingerprint density at radius 1 is 1.15 bits per heavy atom.